The smallest absolute Gasteiger partial charge is 0.385 e. The molecular formula is C8H6ClMgN. The molecule has 3 heteroatoms. The summed E-state index contributed by atoms with van der Waals surface area (Å²) in [6.07, 6.45) is 0. The van der Waals surface area contributed by atoms with E-state index in [2.05, 4.69) is 23.2 Å². The maximum atomic E-state index is 5.81. The van der Waals surface area contributed by atoms with Crippen LogP contribution in [-0.2, 0) is 0 Å². The molecule has 1 nitrogen and oxygen atoms in total. The monoisotopic (exact) mass is 175 g/mol. The second-order valence-corrected chi connectivity index (χ2v) is 4.35. The van der Waals surface area contributed by atoms with Crippen LogP contribution >= 0.6 is 9.07 Å². The summed E-state index contributed by atoms with van der Waals surface area (Å²) in [5.41, 5.74) is 1.19. The van der Waals surface area contributed by atoms with Gasteiger partial charge in [0, 0.05) is 5.52 Å². The Hall–Kier alpha value is -0.184. The van der Waals surface area contributed by atoms with E-state index in [4.69, 9.17) is 9.07 Å². The third-order valence-corrected chi connectivity index (χ3v) is 3.26. The van der Waals surface area contributed by atoms with Gasteiger partial charge in [-0.1, -0.05) is 28.1 Å². The number of aromatic nitrogens is 1. The Kier molecular flexibility index (Phi) is 2.07. The molecule has 0 fully saturated rings. The van der Waals surface area contributed by atoms with Crippen LogP contribution in [0.25, 0.3) is 10.9 Å². The minimum Gasteiger partial charge on any atom is -0.385 e. The summed E-state index contributed by atoms with van der Waals surface area (Å²) in [5.74, 6) is 0. The summed E-state index contributed by atoms with van der Waals surface area (Å²) in [6, 6.07) is 10.4. The van der Waals surface area contributed by atoms with Gasteiger partial charge in [-0.15, -0.1) is 0 Å². The molecule has 0 amide bonds. The molecule has 0 spiro atoms. The number of benzene rings is 1. The van der Waals surface area contributed by atoms with Crippen LogP contribution in [0.5, 0.6) is 0 Å². The Labute approximate surface area is 78.2 Å². The van der Waals surface area contributed by atoms with E-state index in [1.807, 2.05) is 12.1 Å². The van der Waals surface area contributed by atoms with Gasteiger partial charge in [0.1, 0.15) is 0 Å². The number of nitrogens with one attached hydrogen (secondary N) is 1. The van der Waals surface area contributed by atoms with E-state index >= 15 is 0 Å². The average Bonchev–Trinajstić information content (AvgIpc) is 2.46. The van der Waals surface area contributed by atoms with Gasteiger partial charge in [0.05, 0.1) is 0 Å². The molecule has 1 aromatic carbocycles. The van der Waals surface area contributed by atoms with Crippen molar-refractivity contribution in [3.63, 3.8) is 0 Å². The van der Waals surface area contributed by atoms with Gasteiger partial charge in [-0.3, -0.25) is 0 Å². The Bertz CT molecular complexity index is 336. The van der Waals surface area contributed by atoms with Crippen LogP contribution in [-0.4, -0.2) is 24.2 Å². The van der Waals surface area contributed by atoms with Crippen LogP contribution in [0.2, 0.25) is 0 Å². The van der Waals surface area contributed by atoms with E-state index < -0.39 is 19.3 Å². The molecule has 52 valence electrons. The normalized spacial score (nSPS) is 9.91. The highest BCUT2D eigenvalue weighted by Crippen LogP contribution is 2.08. The zero-order chi connectivity index (χ0) is 7.68. The van der Waals surface area contributed by atoms with Crippen LogP contribution < -0.4 is 3.82 Å². The molecule has 0 aliphatic carbocycles. The predicted octanol–water partition coefficient (Wildman–Crippen LogP) is 1.65. The number of halogens is 1. The molecule has 0 radical (unpaired) electrons. The van der Waals surface area contributed by atoms with Crippen LogP contribution in [0.4, 0.5) is 0 Å². The number of hydrogen-bond donors (Lipinski definition) is 1. The number of aromatic amines is 1. The molecule has 0 unspecified atom stereocenters. The second-order valence-electron chi connectivity index (χ2n) is 2.52. The van der Waals surface area contributed by atoms with E-state index in [1.165, 1.54) is 14.7 Å². The van der Waals surface area contributed by atoms with E-state index in [-0.39, 0.29) is 0 Å². The van der Waals surface area contributed by atoms with Crippen molar-refractivity contribution in [1.82, 2.24) is 4.98 Å². The maximum Gasteiger partial charge on any atom is 0.561 e. The SMILES string of the molecule is [Cl][Mg][c]1cc2ccccc2[nH]1. The largest absolute Gasteiger partial charge is 0.561 e. The molecule has 1 heterocycles. The highest BCUT2D eigenvalue weighted by atomic mass is 35.5. The number of H-pyrrole nitrogens is 1. The second kappa shape index (κ2) is 3.05. The van der Waals surface area contributed by atoms with Crippen LogP contribution in [0, 0.1) is 0 Å². The molecule has 0 saturated carbocycles. The molecule has 1 N–H and O–H groups in total. The quantitative estimate of drug-likeness (QED) is 0.635. The lowest BCUT2D eigenvalue weighted by atomic mass is 10.3. The molecule has 0 aliphatic heterocycles. The number of rotatable bonds is 1. The summed E-state index contributed by atoms with van der Waals surface area (Å²) >= 11 is -0.551. The van der Waals surface area contributed by atoms with E-state index in [1.54, 1.807) is 0 Å². The number of hydrogen-bond acceptors (Lipinski definition) is 0. The van der Waals surface area contributed by atoms with Crippen LogP contribution in [0.3, 0.4) is 0 Å². The standard InChI is InChI=1S/C8H6N.ClH.Mg/c1-2-4-8-7(3-1)5-6-9-8;;/h1-5,9H;1H;/q;;+1/p-1. The minimum absolute atomic E-state index is 0.551. The first kappa shape index (κ1) is 7.46. The maximum absolute atomic E-state index is 5.81. The zero-order valence-corrected chi connectivity index (χ0v) is 8.14. The van der Waals surface area contributed by atoms with Gasteiger partial charge >= 0.3 is 19.3 Å². The molecule has 0 atom stereocenters. The summed E-state index contributed by atoms with van der Waals surface area (Å²) in [7, 11) is 5.81. The minimum atomic E-state index is -0.551. The fourth-order valence-corrected chi connectivity index (χ4v) is 2.19. The summed E-state index contributed by atoms with van der Waals surface area (Å²) < 4.78 is 1.22. The molecule has 2 aromatic rings. The van der Waals surface area contributed by atoms with E-state index in [0.717, 1.165) is 0 Å². The Morgan fingerprint density at radius 1 is 1.27 bits per heavy atom. The van der Waals surface area contributed by atoms with Gasteiger partial charge in [-0.05, 0) is 11.5 Å². The lowest BCUT2D eigenvalue weighted by molar-refractivity contribution is 1.54. The zero-order valence-electron chi connectivity index (χ0n) is 5.97. The molecular weight excluding hydrogens is 170 g/mol. The first-order valence-corrected chi connectivity index (χ1v) is 6.37. The number of fused-ring (bicyclic) bond motifs is 1. The van der Waals surface area contributed by atoms with Crippen molar-refractivity contribution < 1.29 is 0 Å². The predicted molar refractivity (Wildman–Crippen MR) is 49.5 cm³/mol. The average molecular weight is 176 g/mol. The lowest BCUT2D eigenvalue weighted by Gasteiger charge is -1.84. The van der Waals surface area contributed by atoms with Crippen molar-refractivity contribution in [2.75, 3.05) is 0 Å². The topological polar surface area (TPSA) is 15.8 Å². The van der Waals surface area contributed by atoms with Crippen LogP contribution in [0.1, 0.15) is 0 Å². The number of para-hydroxylation sites is 1. The van der Waals surface area contributed by atoms with Crippen molar-refractivity contribution in [2.24, 2.45) is 0 Å². The summed E-state index contributed by atoms with van der Waals surface area (Å²) in [6.45, 7) is 0. The van der Waals surface area contributed by atoms with Gasteiger partial charge in [0.15, 0.2) is 0 Å². The molecule has 0 saturated heterocycles. The van der Waals surface area contributed by atoms with Crippen molar-refractivity contribution in [3.8, 4) is 0 Å². The van der Waals surface area contributed by atoms with Gasteiger partial charge in [-0.25, -0.2) is 0 Å². The molecule has 11 heavy (non-hydrogen) atoms. The molecule has 0 aliphatic rings. The molecule has 2 rings (SSSR count). The fourth-order valence-electron chi connectivity index (χ4n) is 1.21. The van der Waals surface area contributed by atoms with Gasteiger partial charge in [0.25, 0.3) is 0 Å². The third kappa shape index (κ3) is 1.38. The van der Waals surface area contributed by atoms with E-state index in [0.29, 0.717) is 0 Å². The Balaban J connectivity index is 2.69. The highest BCUT2D eigenvalue weighted by Gasteiger charge is 1.99. The van der Waals surface area contributed by atoms with E-state index in [9.17, 15) is 0 Å². The molecule has 1 aromatic heterocycles. The van der Waals surface area contributed by atoms with Crippen molar-refractivity contribution in [3.05, 3.63) is 30.3 Å². The first-order chi connectivity index (χ1) is 5.40. The Morgan fingerprint density at radius 2 is 2.09 bits per heavy atom. The Morgan fingerprint density at radius 3 is 2.82 bits per heavy atom. The first-order valence-electron chi connectivity index (χ1n) is 3.53. The summed E-state index contributed by atoms with van der Waals surface area (Å²) in [4.78, 5) is 3.28. The highest BCUT2D eigenvalue weighted by molar-refractivity contribution is 7.01. The fraction of sp³-hybridized carbons (Fsp3) is 0. The summed E-state index contributed by atoms with van der Waals surface area (Å²) in [5, 5.41) is 1.26. The molecule has 0 bridgehead atoms. The lowest BCUT2D eigenvalue weighted by Crippen LogP contribution is -2.07. The van der Waals surface area contributed by atoms with Gasteiger partial charge < -0.3 is 14.1 Å². The van der Waals surface area contributed by atoms with Crippen molar-refractivity contribution in [1.29, 1.82) is 0 Å². The van der Waals surface area contributed by atoms with Crippen molar-refractivity contribution >= 4 is 43.1 Å². The van der Waals surface area contributed by atoms with Crippen LogP contribution in [0.15, 0.2) is 30.3 Å². The van der Waals surface area contributed by atoms with Crippen molar-refractivity contribution in [2.45, 2.75) is 0 Å². The van der Waals surface area contributed by atoms with Gasteiger partial charge in [-0.2, -0.15) is 0 Å². The van der Waals surface area contributed by atoms with Gasteiger partial charge in [0.2, 0.25) is 0 Å². The third-order valence-electron chi connectivity index (χ3n) is 1.73.